The van der Waals surface area contributed by atoms with Crippen LogP contribution in [0.1, 0.15) is 6.92 Å². The molecule has 0 aromatic carbocycles. The van der Waals surface area contributed by atoms with E-state index in [0.29, 0.717) is 24.7 Å². The van der Waals surface area contributed by atoms with Crippen molar-refractivity contribution in [2.24, 2.45) is 0 Å². The van der Waals surface area contributed by atoms with Crippen LogP contribution in [0.4, 0.5) is 17.6 Å². The summed E-state index contributed by atoms with van der Waals surface area (Å²) in [5.74, 6) is 1.42. The van der Waals surface area contributed by atoms with Crippen molar-refractivity contribution in [1.29, 1.82) is 0 Å². The standard InChI is InChI=1S/C11H22N6O/c1-11(18,7-17(3)4)6-14-9-5-8(13-2)15-10(12)16-9/h5,18H,6-7H2,1-4H3,(H4,12,13,14,15,16). The maximum Gasteiger partial charge on any atom is 0.223 e. The van der Waals surface area contributed by atoms with Gasteiger partial charge in [-0.15, -0.1) is 0 Å². The Kier molecular flexibility index (Phi) is 4.69. The summed E-state index contributed by atoms with van der Waals surface area (Å²) in [6, 6.07) is 1.74. The average Bonchev–Trinajstić information content (AvgIpc) is 2.24. The molecule has 1 unspecified atom stereocenters. The molecule has 102 valence electrons. The summed E-state index contributed by atoms with van der Waals surface area (Å²) in [5.41, 5.74) is 4.74. The van der Waals surface area contributed by atoms with E-state index in [1.165, 1.54) is 0 Å². The molecule has 7 nitrogen and oxygen atoms in total. The minimum absolute atomic E-state index is 0.191. The molecule has 1 aromatic rings. The minimum Gasteiger partial charge on any atom is -0.387 e. The van der Waals surface area contributed by atoms with Crippen LogP contribution in [0.2, 0.25) is 0 Å². The molecule has 0 aliphatic rings. The van der Waals surface area contributed by atoms with Crippen molar-refractivity contribution in [1.82, 2.24) is 14.9 Å². The van der Waals surface area contributed by atoms with Crippen LogP contribution in [0.25, 0.3) is 0 Å². The van der Waals surface area contributed by atoms with Gasteiger partial charge in [0.25, 0.3) is 0 Å². The lowest BCUT2D eigenvalue weighted by Crippen LogP contribution is -2.43. The Morgan fingerprint density at radius 3 is 2.56 bits per heavy atom. The number of aliphatic hydroxyl groups is 1. The molecule has 0 spiro atoms. The lowest BCUT2D eigenvalue weighted by molar-refractivity contribution is 0.0459. The van der Waals surface area contributed by atoms with E-state index in [9.17, 15) is 5.11 Å². The van der Waals surface area contributed by atoms with Gasteiger partial charge in [0.15, 0.2) is 0 Å². The van der Waals surface area contributed by atoms with E-state index in [1.54, 1.807) is 20.0 Å². The summed E-state index contributed by atoms with van der Waals surface area (Å²) in [6.07, 6.45) is 0. The lowest BCUT2D eigenvalue weighted by Gasteiger charge is -2.27. The molecule has 0 fully saturated rings. The third-order valence-electron chi connectivity index (χ3n) is 2.31. The fourth-order valence-corrected chi connectivity index (χ4v) is 1.70. The molecule has 18 heavy (non-hydrogen) atoms. The van der Waals surface area contributed by atoms with Gasteiger partial charge in [-0.2, -0.15) is 9.97 Å². The number of nitrogens with two attached hydrogens (primary N) is 1. The lowest BCUT2D eigenvalue weighted by atomic mass is 10.1. The van der Waals surface area contributed by atoms with Gasteiger partial charge in [-0.25, -0.2) is 0 Å². The van der Waals surface area contributed by atoms with Crippen LogP contribution in [0.3, 0.4) is 0 Å². The number of anilines is 3. The first kappa shape index (κ1) is 14.5. The predicted octanol–water partition coefficient (Wildman–Crippen LogP) is -0.175. The van der Waals surface area contributed by atoms with Gasteiger partial charge >= 0.3 is 0 Å². The molecule has 0 saturated heterocycles. The summed E-state index contributed by atoms with van der Waals surface area (Å²) < 4.78 is 0. The average molecular weight is 254 g/mol. The Balaban J connectivity index is 2.65. The van der Waals surface area contributed by atoms with E-state index in [-0.39, 0.29) is 5.95 Å². The van der Waals surface area contributed by atoms with Crippen LogP contribution < -0.4 is 16.4 Å². The summed E-state index contributed by atoms with van der Waals surface area (Å²) in [6.45, 7) is 2.70. The largest absolute Gasteiger partial charge is 0.387 e. The van der Waals surface area contributed by atoms with Crippen LogP contribution in [0, 0.1) is 0 Å². The molecule has 0 aliphatic carbocycles. The second-order valence-electron chi connectivity index (χ2n) is 4.83. The van der Waals surface area contributed by atoms with Gasteiger partial charge in [0.2, 0.25) is 5.95 Å². The molecule has 1 atom stereocenters. The second kappa shape index (κ2) is 5.83. The molecule has 0 aliphatic heterocycles. The molecule has 1 heterocycles. The number of rotatable bonds is 6. The van der Waals surface area contributed by atoms with Gasteiger partial charge in [0, 0.05) is 26.2 Å². The van der Waals surface area contributed by atoms with Crippen molar-refractivity contribution >= 4 is 17.6 Å². The quantitative estimate of drug-likeness (QED) is 0.559. The van der Waals surface area contributed by atoms with Crippen LogP contribution in [-0.4, -0.2) is 59.8 Å². The van der Waals surface area contributed by atoms with Crippen molar-refractivity contribution in [3.8, 4) is 0 Å². The number of nitrogens with zero attached hydrogens (tertiary/aromatic N) is 3. The Morgan fingerprint density at radius 1 is 1.39 bits per heavy atom. The van der Waals surface area contributed by atoms with E-state index in [0.717, 1.165) is 0 Å². The third kappa shape index (κ3) is 4.72. The number of nitrogens with one attached hydrogen (secondary N) is 2. The first-order chi connectivity index (χ1) is 8.32. The third-order valence-corrected chi connectivity index (χ3v) is 2.31. The molecule has 1 aromatic heterocycles. The van der Waals surface area contributed by atoms with Crippen molar-refractivity contribution in [2.45, 2.75) is 12.5 Å². The van der Waals surface area contributed by atoms with E-state index >= 15 is 0 Å². The van der Waals surface area contributed by atoms with Crippen LogP contribution in [-0.2, 0) is 0 Å². The van der Waals surface area contributed by atoms with Gasteiger partial charge in [0.05, 0.1) is 5.60 Å². The molecule has 1 rings (SSSR count). The molecular weight excluding hydrogens is 232 g/mol. The fourth-order valence-electron chi connectivity index (χ4n) is 1.70. The SMILES string of the molecule is CNc1cc(NCC(C)(O)CN(C)C)nc(N)n1. The Morgan fingerprint density at radius 2 is 2.00 bits per heavy atom. The van der Waals surface area contributed by atoms with Gasteiger partial charge in [-0.3, -0.25) is 0 Å². The molecule has 0 saturated carbocycles. The van der Waals surface area contributed by atoms with Crippen molar-refractivity contribution in [2.75, 3.05) is 50.6 Å². The Labute approximate surface area is 107 Å². The minimum atomic E-state index is -0.844. The Bertz CT molecular complexity index is 393. The number of hydrogen-bond acceptors (Lipinski definition) is 7. The molecule has 0 radical (unpaired) electrons. The fraction of sp³-hybridized carbons (Fsp3) is 0.636. The van der Waals surface area contributed by atoms with Crippen LogP contribution in [0.5, 0.6) is 0 Å². The molecule has 7 heteroatoms. The van der Waals surface area contributed by atoms with E-state index in [2.05, 4.69) is 20.6 Å². The molecule has 0 amide bonds. The summed E-state index contributed by atoms with van der Waals surface area (Å²) in [4.78, 5) is 9.97. The number of nitrogen functional groups attached to an aromatic ring is 1. The normalized spacial score (nSPS) is 14.3. The highest BCUT2D eigenvalue weighted by Gasteiger charge is 2.21. The van der Waals surface area contributed by atoms with E-state index in [4.69, 9.17) is 5.73 Å². The predicted molar refractivity (Wildman–Crippen MR) is 73.7 cm³/mol. The van der Waals surface area contributed by atoms with Crippen molar-refractivity contribution in [3.05, 3.63) is 6.07 Å². The van der Waals surface area contributed by atoms with Crippen molar-refractivity contribution < 1.29 is 5.11 Å². The zero-order chi connectivity index (χ0) is 13.8. The number of hydrogen-bond donors (Lipinski definition) is 4. The number of aromatic nitrogens is 2. The zero-order valence-corrected chi connectivity index (χ0v) is 11.4. The summed E-state index contributed by atoms with van der Waals surface area (Å²) in [7, 11) is 5.58. The second-order valence-corrected chi connectivity index (χ2v) is 4.83. The van der Waals surface area contributed by atoms with Gasteiger partial charge < -0.3 is 26.4 Å². The highest BCUT2D eigenvalue weighted by Crippen LogP contribution is 2.13. The topological polar surface area (TPSA) is 99.3 Å². The molecular formula is C11H22N6O. The molecule has 5 N–H and O–H groups in total. The number of likely N-dealkylation sites (N-methyl/N-ethyl adjacent to an activating group) is 1. The zero-order valence-electron chi connectivity index (χ0n) is 11.4. The van der Waals surface area contributed by atoms with Crippen LogP contribution in [0.15, 0.2) is 6.07 Å². The van der Waals surface area contributed by atoms with Crippen LogP contribution >= 0.6 is 0 Å². The first-order valence-electron chi connectivity index (χ1n) is 5.76. The summed E-state index contributed by atoms with van der Waals surface area (Å²) in [5, 5.41) is 16.1. The smallest absolute Gasteiger partial charge is 0.223 e. The monoisotopic (exact) mass is 254 g/mol. The Hall–Kier alpha value is -1.60. The highest BCUT2D eigenvalue weighted by molar-refractivity contribution is 5.50. The van der Waals surface area contributed by atoms with Gasteiger partial charge in [0.1, 0.15) is 11.6 Å². The van der Waals surface area contributed by atoms with E-state index < -0.39 is 5.60 Å². The first-order valence-corrected chi connectivity index (χ1v) is 5.76. The van der Waals surface area contributed by atoms with E-state index in [1.807, 2.05) is 19.0 Å². The van der Waals surface area contributed by atoms with Gasteiger partial charge in [-0.05, 0) is 21.0 Å². The van der Waals surface area contributed by atoms with Crippen molar-refractivity contribution in [3.63, 3.8) is 0 Å². The maximum absolute atomic E-state index is 10.1. The summed E-state index contributed by atoms with van der Waals surface area (Å²) >= 11 is 0. The maximum atomic E-state index is 10.1. The highest BCUT2D eigenvalue weighted by atomic mass is 16.3. The van der Waals surface area contributed by atoms with Gasteiger partial charge in [-0.1, -0.05) is 0 Å². The molecule has 0 bridgehead atoms.